The van der Waals surface area contributed by atoms with Crippen molar-refractivity contribution in [2.75, 3.05) is 7.11 Å². The van der Waals surface area contributed by atoms with Gasteiger partial charge in [-0.15, -0.1) is 0 Å². The normalized spacial score (nSPS) is 14.3. The number of hydrogen-bond acceptors (Lipinski definition) is 1. The number of hydrogen-bond donors (Lipinski definition) is 0. The molecular formula is C12H15F6N2OPSe. The molecule has 0 amide bonds. The first-order valence-corrected chi connectivity index (χ1v) is 10.2. The van der Waals surface area contributed by atoms with Crippen molar-refractivity contribution in [1.29, 1.82) is 0 Å². The van der Waals surface area contributed by atoms with E-state index in [4.69, 9.17) is 4.74 Å². The number of imidazole rings is 1. The molecule has 23 heavy (non-hydrogen) atoms. The van der Waals surface area contributed by atoms with Gasteiger partial charge in [-0.1, -0.05) is 0 Å². The molecule has 0 saturated carbocycles. The Morgan fingerprint density at radius 2 is 1.61 bits per heavy atom. The van der Waals surface area contributed by atoms with Crippen LogP contribution in [0.2, 0.25) is 0 Å². The van der Waals surface area contributed by atoms with E-state index in [0.29, 0.717) is 15.0 Å². The zero-order valence-electron chi connectivity index (χ0n) is 12.2. The summed E-state index contributed by atoms with van der Waals surface area (Å²) in [6.07, 6.45) is 6.26. The van der Waals surface area contributed by atoms with Gasteiger partial charge in [0.25, 0.3) is 0 Å². The second kappa shape index (κ2) is 6.34. The van der Waals surface area contributed by atoms with Crippen molar-refractivity contribution in [3.63, 3.8) is 0 Å². The first kappa shape index (κ1) is 19.8. The number of ether oxygens (including phenoxy) is 1. The fraction of sp³-hybridized carbons (Fsp3) is 0.250. The van der Waals surface area contributed by atoms with Crippen LogP contribution in [0.4, 0.5) is 25.2 Å². The molecule has 0 saturated heterocycles. The maximum atomic E-state index is 9.87. The molecule has 1 aromatic carbocycles. The van der Waals surface area contributed by atoms with Crippen molar-refractivity contribution in [2.45, 2.75) is 5.44 Å². The van der Waals surface area contributed by atoms with E-state index < -0.39 is 7.81 Å². The van der Waals surface area contributed by atoms with Gasteiger partial charge in [0.2, 0.25) is 0 Å². The molecule has 0 spiro atoms. The van der Waals surface area contributed by atoms with Crippen LogP contribution in [-0.2, 0) is 12.5 Å². The molecule has 132 valence electrons. The molecule has 0 radical (unpaired) electrons. The molecule has 3 nitrogen and oxygen atoms in total. The molecule has 0 unspecified atom stereocenters. The number of halogens is 6. The number of methoxy groups -OCH3 is 1. The standard InChI is InChI=1S/C12H15N2OSe.F6P/c1-13-7-8-14(9-13)10-16-12-5-3-11(15-2)4-6-12;1-7(2,3,4,5)6/h3-9H,10H2,1-2H3;/q+1;-1. The molecule has 2 aromatic rings. The van der Waals surface area contributed by atoms with Crippen LogP contribution in [0, 0.1) is 0 Å². The van der Waals surface area contributed by atoms with Gasteiger partial charge in [0.15, 0.2) is 0 Å². The average Bonchev–Trinajstić information content (AvgIpc) is 2.79. The van der Waals surface area contributed by atoms with Gasteiger partial charge in [-0.05, 0) is 0 Å². The van der Waals surface area contributed by atoms with Crippen molar-refractivity contribution >= 4 is 27.2 Å². The van der Waals surface area contributed by atoms with E-state index in [1.807, 2.05) is 19.2 Å². The van der Waals surface area contributed by atoms with Crippen LogP contribution < -0.4 is 13.8 Å². The summed E-state index contributed by atoms with van der Waals surface area (Å²) < 4.78 is 70.0. The minimum absolute atomic E-state index is 0.471. The maximum absolute atomic E-state index is 10.7. The molecule has 0 N–H and O–H groups in total. The van der Waals surface area contributed by atoms with Crippen LogP contribution in [0.1, 0.15) is 0 Å². The molecule has 0 aliphatic carbocycles. The van der Waals surface area contributed by atoms with Crippen LogP contribution in [0.5, 0.6) is 5.75 Å². The van der Waals surface area contributed by atoms with Crippen LogP contribution >= 0.6 is 7.81 Å². The summed E-state index contributed by atoms with van der Waals surface area (Å²) in [7, 11) is -6.92. The molecular weight excluding hydrogens is 412 g/mol. The first-order valence-electron chi connectivity index (χ1n) is 6.07. The second-order valence-corrected chi connectivity index (χ2v) is 8.55. The summed E-state index contributed by atoms with van der Waals surface area (Å²) in [6.45, 7) is 0. The third kappa shape index (κ3) is 11.9. The zero-order chi connectivity index (χ0) is 17.8. The van der Waals surface area contributed by atoms with E-state index >= 15 is 0 Å². The van der Waals surface area contributed by atoms with E-state index in [9.17, 15) is 25.2 Å². The van der Waals surface area contributed by atoms with Crippen LogP contribution in [0.3, 0.4) is 0 Å². The Morgan fingerprint density at radius 3 is 2.00 bits per heavy atom. The van der Waals surface area contributed by atoms with Gasteiger partial charge in [-0.25, -0.2) is 0 Å². The topological polar surface area (TPSA) is 18.0 Å². The molecule has 0 fully saturated rings. The summed E-state index contributed by atoms with van der Waals surface area (Å²) in [4.78, 5) is 0. The molecule has 0 bridgehead atoms. The predicted molar refractivity (Wildman–Crippen MR) is 77.6 cm³/mol. The van der Waals surface area contributed by atoms with E-state index in [1.165, 1.54) is 4.46 Å². The van der Waals surface area contributed by atoms with Crippen molar-refractivity contribution in [2.24, 2.45) is 7.05 Å². The predicted octanol–water partition coefficient (Wildman–Crippen LogP) is 3.69. The third-order valence-electron chi connectivity index (χ3n) is 2.26. The Hall–Kier alpha value is -1.24. The quantitative estimate of drug-likeness (QED) is 0.315. The van der Waals surface area contributed by atoms with E-state index in [1.54, 1.807) is 7.11 Å². The van der Waals surface area contributed by atoms with E-state index in [-0.39, 0.29) is 0 Å². The van der Waals surface area contributed by atoms with Crippen molar-refractivity contribution in [3.05, 3.63) is 43.0 Å². The molecule has 1 aromatic heterocycles. The van der Waals surface area contributed by atoms with Gasteiger partial charge < -0.3 is 0 Å². The second-order valence-electron chi connectivity index (χ2n) is 4.50. The Morgan fingerprint density at radius 1 is 1.09 bits per heavy atom. The molecule has 0 aliphatic heterocycles. The van der Waals surface area contributed by atoms with Crippen LogP contribution in [-0.4, -0.2) is 26.6 Å². The summed E-state index contributed by atoms with van der Waals surface area (Å²) in [5, 5.41) is 0. The van der Waals surface area contributed by atoms with E-state index in [2.05, 4.69) is 40.0 Å². The minimum atomic E-state index is -10.7. The molecule has 0 atom stereocenters. The zero-order valence-corrected chi connectivity index (χ0v) is 14.8. The van der Waals surface area contributed by atoms with Gasteiger partial charge in [0, 0.05) is 0 Å². The van der Waals surface area contributed by atoms with Crippen molar-refractivity contribution in [3.8, 4) is 5.75 Å². The Balaban J connectivity index is 0.000000322. The monoisotopic (exact) mass is 428 g/mol. The van der Waals surface area contributed by atoms with Gasteiger partial charge in [0.05, 0.1) is 0 Å². The average molecular weight is 427 g/mol. The number of rotatable bonds is 4. The number of benzene rings is 1. The molecule has 1 heterocycles. The Kier molecular flexibility index (Phi) is 5.46. The van der Waals surface area contributed by atoms with Gasteiger partial charge in [-0.3, -0.25) is 0 Å². The third-order valence-corrected chi connectivity index (χ3v) is 4.43. The van der Waals surface area contributed by atoms with Crippen LogP contribution in [0.15, 0.2) is 43.0 Å². The fourth-order valence-corrected chi connectivity index (χ4v) is 3.03. The Labute approximate surface area is 135 Å². The summed E-state index contributed by atoms with van der Waals surface area (Å²) in [6, 6.07) is 8.32. The Bertz CT molecular complexity index is 630. The number of aromatic nitrogens is 2. The van der Waals surface area contributed by atoms with Gasteiger partial charge in [0.1, 0.15) is 0 Å². The number of nitrogens with zero attached hydrogens (tertiary/aromatic N) is 2. The molecule has 2 rings (SSSR count). The SMILES string of the molecule is COc1ccc([Se]Cn2cc[n+](C)c2)cc1.F[P-](F)(F)(F)(F)F. The summed E-state index contributed by atoms with van der Waals surface area (Å²) >= 11 is 0.471. The van der Waals surface area contributed by atoms with E-state index in [0.717, 1.165) is 11.2 Å². The molecule has 0 aliphatic rings. The number of aryl methyl sites for hydroxylation is 1. The summed E-state index contributed by atoms with van der Waals surface area (Å²) in [5.74, 6) is 0.923. The molecule has 11 heteroatoms. The van der Waals surface area contributed by atoms with Gasteiger partial charge >= 0.3 is 135 Å². The van der Waals surface area contributed by atoms with Crippen molar-refractivity contribution in [1.82, 2.24) is 4.57 Å². The van der Waals surface area contributed by atoms with Gasteiger partial charge in [-0.2, -0.15) is 0 Å². The summed E-state index contributed by atoms with van der Waals surface area (Å²) in [5.41, 5.74) is 1.07. The van der Waals surface area contributed by atoms with Crippen molar-refractivity contribution < 1.29 is 34.5 Å². The van der Waals surface area contributed by atoms with Crippen LogP contribution in [0.25, 0.3) is 0 Å². The fourth-order valence-electron chi connectivity index (χ4n) is 1.40. The first-order chi connectivity index (χ1) is 10.2.